The molecule has 0 saturated heterocycles. The molecule has 0 radical (unpaired) electrons. The summed E-state index contributed by atoms with van der Waals surface area (Å²) in [7, 11) is 0. The summed E-state index contributed by atoms with van der Waals surface area (Å²) < 4.78 is 0. The molecule has 25 heavy (non-hydrogen) atoms. The van der Waals surface area contributed by atoms with Crippen molar-refractivity contribution in [1.82, 2.24) is 4.98 Å². The van der Waals surface area contributed by atoms with Gasteiger partial charge in [-0.2, -0.15) is 10.1 Å². The number of fused-ring (bicyclic) bond motifs is 1. The van der Waals surface area contributed by atoms with Gasteiger partial charge in [0.2, 0.25) is 0 Å². The largest absolute Gasteiger partial charge is 0.271 e. The first kappa shape index (κ1) is 15.2. The molecule has 0 spiro atoms. The number of hydrazone groups is 1. The number of rotatable bonds is 3. The number of benzene rings is 2. The van der Waals surface area contributed by atoms with Gasteiger partial charge in [0.1, 0.15) is 5.92 Å². The van der Waals surface area contributed by atoms with E-state index in [-0.39, 0.29) is 5.91 Å². The van der Waals surface area contributed by atoms with Crippen molar-refractivity contribution in [2.45, 2.75) is 6.92 Å². The molecule has 1 aromatic heterocycles. The minimum atomic E-state index is -0.459. The number of carbonyl (C=O) groups excluding carboxylic acids is 1. The second kappa shape index (κ2) is 6.28. The standard InChI is InChI=1S/C20H16N4O/c1-14-17(20(25)24(23-14)16-9-3-2-4-10-16)13-22-18-11-5-7-15-8-6-12-21-19(15)18/h2-13,17H,1H3/t17-/m0/s1. The highest BCUT2D eigenvalue weighted by atomic mass is 16.2. The lowest BCUT2D eigenvalue weighted by molar-refractivity contribution is -0.118. The van der Waals surface area contributed by atoms with E-state index >= 15 is 0 Å². The average Bonchev–Trinajstić information content (AvgIpc) is 2.94. The second-order valence-corrected chi connectivity index (χ2v) is 5.84. The van der Waals surface area contributed by atoms with Crippen LogP contribution in [0.4, 0.5) is 11.4 Å². The number of amides is 1. The molecule has 4 rings (SSSR count). The molecule has 0 unspecified atom stereocenters. The average molecular weight is 328 g/mol. The lowest BCUT2D eigenvalue weighted by Gasteiger charge is -2.12. The molecule has 1 aliphatic rings. The van der Waals surface area contributed by atoms with Gasteiger partial charge < -0.3 is 0 Å². The molecule has 1 aliphatic heterocycles. The molecule has 0 N–H and O–H groups in total. The predicted octanol–water partition coefficient (Wildman–Crippen LogP) is 3.98. The zero-order valence-electron chi connectivity index (χ0n) is 13.7. The van der Waals surface area contributed by atoms with E-state index in [4.69, 9.17) is 0 Å². The third-order valence-corrected chi connectivity index (χ3v) is 4.16. The normalized spacial score (nSPS) is 17.5. The van der Waals surface area contributed by atoms with E-state index in [1.54, 1.807) is 12.4 Å². The lowest BCUT2D eigenvalue weighted by atomic mass is 10.1. The first-order valence-corrected chi connectivity index (χ1v) is 8.06. The molecule has 0 saturated carbocycles. The quantitative estimate of drug-likeness (QED) is 0.683. The monoisotopic (exact) mass is 328 g/mol. The SMILES string of the molecule is CC1=NN(c2ccccc2)C(=O)[C@H]1C=Nc1cccc2cccnc12. The number of aromatic nitrogens is 1. The highest BCUT2D eigenvalue weighted by Crippen LogP contribution is 2.26. The van der Waals surface area contributed by atoms with Gasteiger partial charge in [-0.25, -0.2) is 0 Å². The maximum atomic E-state index is 12.7. The molecule has 122 valence electrons. The highest BCUT2D eigenvalue weighted by molar-refractivity contribution is 6.23. The topological polar surface area (TPSA) is 57.9 Å². The maximum absolute atomic E-state index is 12.7. The Bertz CT molecular complexity index is 990. The van der Waals surface area contributed by atoms with Crippen LogP contribution in [0.1, 0.15) is 6.92 Å². The van der Waals surface area contributed by atoms with Gasteiger partial charge in [0.15, 0.2) is 0 Å². The Kier molecular flexibility index (Phi) is 3.82. The van der Waals surface area contributed by atoms with E-state index in [9.17, 15) is 4.79 Å². The van der Waals surface area contributed by atoms with E-state index in [0.29, 0.717) is 0 Å². The molecule has 3 aromatic rings. The molecule has 2 heterocycles. The zero-order chi connectivity index (χ0) is 17.2. The van der Waals surface area contributed by atoms with Gasteiger partial charge in [-0.15, -0.1) is 0 Å². The van der Waals surface area contributed by atoms with Crippen LogP contribution in [0.3, 0.4) is 0 Å². The van der Waals surface area contributed by atoms with Crippen LogP contribution >= 0.6 is 0 Å². The van der Waals surface area contributed by atoms with E-state index < -0.39 is 5.92 Å². The fourth-order valence-corrected chi connectivity index (χ4v) is 2.85. The Hall–Kier alpha value is -3.34. The molecule has 1 amide bonds. The van der Waals surface area contributed by atoms with Crippen molar-refractivity contribution in [1.29, 1.82) is 0 Å². The highest BCUT2D eigenvalue weighted by Gasteiger charge is 2.33. The third kappa shape index (κ3) is 2.80. The molecule has 5 nitrogen and oxygen atoms in total. The fourth-order valence-electron chi connectivity index (χ4n) is 2.85. The Morgan fingerprint density at radius 2 is 1.84 bits per heavy atom. The third-order valence-electron chi connectivity index (χ3n) is 4.16. The van der Waals surface area contributed by atoms with Crippen LogP contribution in [-0.4, -0.2) is 22.8 Å². The number of nitrogens with zero attached hydrogens (tertiary/aromatic N) is 4. The van der Waals surface area contributed by atoms with E-state index in [1.807, 2.05) is 67.6 Å². The Balaban J connectivity index is 1.64. The van der Waals surface area contributed by atoms with Crippen molar-refractivity contribution in [3.63, 3.8) is 0 Å². The van der Waals surface area contributed by atoms with Crippen LogP contribution in [-0.2, 0) is 4.79 Å². The van der Waals surface area contributed by atoms with Crippen LogP contribution in [0.25, 0.3) is 10.9 Å². The van der Waals surface area contributed by atoms with Gasteiger partial charge in [0.05, 0.1) is 22.6 Å². The van der Waals surface area contributed by atoms with Crippen molar-refractivity contribution < 1.29 is 4.79 Å². The summed E-state index contributed by atoms with van der Waals surface area (Å²) in [6.07, 6.45) is 3.40. The van der Waals surface area contributed by atoms with Crippen LogP contribution in [0.5, 0.6) is 0 Å². The summed E-state index contributed by atoms with van der Waals surface area (Å²) >= 11 is 0. The summed E-state index contributed by atoms with van der Waals surface area (Å²) in [5.74, 6) is -0.556. The number of aliphatic imine (C=N–C) groups is 1. The molecule has 0 bridgehead atoms. The van der Waals surface area contributed by atoms with Crippen LogP contribution < -0.4 is 5.01 Å². The maximum Gasteiger partial charge on any atom is 0.261 e. The molecule has 0 fully saturated rings. The first-order valence-electron chi connectivity index (χ1n) is 8.06. The number of carbonyl (C=O) groups is 1. The van der Waals surface area contributed by atoms with Crippen LogP contribution in [0.15, 0.2) is 77.0 Å². The fraction of sp³-hybridized carbons (Fsp3) is 0.100. The second-order valence-electron chi connectivity index (χ2n) is 5.84. The summed E-state index contributed by atoms with van der Waals surface area (Å²) in [6, 6.07) is 19.1. The summed E-state index contributed by atoms with van der Waals surface area (Å²) in [4.78, 5) is 21.6. The van der Waals surface area contributed by atoms with Crippen molar-refractivity contribution in [3.05, 3.63) is 66.9 Å². The number of hydrogen-bond acceptors (Lipinski definition) is 4. The van der Waals surface area contributed by atoms with Crippen molar-refractivity contribution in [3.8, 4) is 0 Å². The smallest absolute Gasteiger partial charge is 0.261 e. The Morgan fingerprint density at radius 3 is 2.68 bits per heavy atom. The van der Waals surface area contributed by atoms with E-state index in [0.717, 1.165) is 28.0 Å². The van der Waals surface area contributed by atoms with Crippen LogP contribution in [0.2, 0.25) is 0 Å². The van der Waals surface area contributed by atoms with E-state index in [1.165, 1.54) is 5.01 Å². The molecular weight excluding hydrogens is 312 g/mol. The van der Waals surface area contributed by atoms with Crippen LogP contribution in [0, 0.1) is 5.92 Å². The summed E-state index contributed by atoms with van der Waals surface area (Å²) in [5, 5.41) is 6.85. The lowest BCUT2D eigenvalue weighted by Crippen LogP contribution is -2.27. The van der Waals surface area contributed by atoms with Gasteiger partial charge in [0.25, 0.3) is 5.91 Å². The van der Waals surface area contributed by atoms with Gasteiger partial charge in [-0.1, -0.05) is 36.4 Å². The Morgan fingerprint density at radius 1 is 1.04 bits per heavy atom. The molecule has 1 atom stereocenters. The molecule has 2 aromatic carbocycles. The minimum Gasteiger partial charge on any atom is -0.271 e. The number of pyridine rings is 1. The van der Waals surface area contributed by atoms with Crippen molar-refractivity contribution >= 4 is 40.1 Å². The summed E-state index contributed by atoms with van der Waals surface area (Å²) in [6.45, 7) is 1.85. The van der Waals surface area contributed by atoms with Crippen molar-refractivity contribution in [2.75, 3.05) is 5.01 Å². The molecular formula is C20H16N4O. The minimum absolute atomic E-state index is 0.0966. The van der Waals surface area contributed by atoms with Crippen molar-refractivity contribution in [2.24, 2.45) is 16.0 Å². The van der Waals surface area contributed by atoms with Gasteiger partial charge >= 0.3 is 0 Å². The first-order chi connectivity index (χ1) is 12.2. The number of para-hydroxylation sites is 2. The van der Waals surface area contributed by atoms with Gasteiger partial charge in [0, 0.05) is 17.8 Å². The number of hydrogen-bond donors (Lipinski definition) is 0. The predicted molar refractivity (Wildman–Crippen MR) is 100 cm³/mol. The molecule has 0 aliphatic carbocycles. The zero-order valence-corrected chi connectivity index (χ0v) is 13.7. The van der Waals surface area contributed by atoms with Gasteiger partial charge in [-0.3, -0.25) is 14.8 Å². The summed E-state index contributed by atoms with van der Waals surface area (Å²) in [5.41, 5.74) is 3.05. The van der Waals surface area contributed by atoms with Gasteiger partial charge in [-0.05, 0) is 31.2 Å². The molecule has 5 heteroatoms. The Labute approximate surface area is 145 Å². The number of anilines is 1. The van der Waals surface area contributed by atoms with E-state index in [2.05, 4.69) is 15.1 Å².